The molecule has 1 saturated heterocycles. The normalized spacial score (nSPS) is 46.6. The number of nitrogens with zero attached hydrogens (tertiary/aromatic N) is 1. The van der Waals surface area contributed by atoms with Crippen molar-refractivity contribution in [2.24, 2.45) is 34.5 Å². The van der Waals surface area contributed by atoms with Gasteiger partial charge in [0.1, 0.15) is 0 Å². The molecule has 3 aliphatic carbocycles. The van der Waals surface area contributed by atoms with E-state index in [0.29, 0.717) is 35.1 Å². The Balaban J connectivity index is 1.51. The molecule has 1 N–H and O–H groups in total. The van der Waals surface area contributed by atoms with E-state index in [-0.39, 0.29) is 0 Å². The Kier molecular flexibility index (Phi) is 4.83. The molecule has 3 saturated carbocycles. The Labute approximate surface area is 164 Å². The fraction of sp³-hybridized carbons (Fsp3) is 0.913. The highest BCUT2D eigenvalue weighted by atomic mass is 16.4. The number of hydrogen-bond donors (Lipinski definition) is 1. The van der Waals surface area contributed by atoms with Gasteiger partial charge in [0.15, 0.2) is 0 Å². The molecule has 4 rings (SSSR count). The largest absolute Gasteiger partial charge is 0.481 e. The van der Waals surface area contributed by atoms with E-state index in [4.69, 9.17) is 5.11 Å². The minimum atomic E-state index is -0.652. The van der Waals surface area contributed by atoms with Gasteiger partial charge in [0.2, 0.25) is 5.91 Å². The smallest absolute Gasteiger partial charge is 0.303 e. The lowest BCUT2D eigenvalue weighted by molar-refractivity contribution is -0.158. The molecule has 4 fully saturated rings. The number of amides is 1. The number of carbonyl (C=O) groups excluding carboxylic acids is 1. The predicted octanol–water partition coefficient (Wildman–Crippen LogP) is 4.72. The lowest BCUT2D eigenvalue weighted by atomic mass is 9.46. The summed E-state index contributed by atoms with van der Waals surface area (Å²) in [6.07, 6.45) is 11.8. The maximum atomic E-state index is 12.3. The van der Waals surface area contributed by atoms with Crippen molar-refractivity contribution in [3.05, 3.63) is 0 Å². The quantitative estimate of drug-likeness (QED) is 0.773. The van der Waals surface area contributed by atoms with Crippen LogP contribution in [0.1, 0.15) is 84.5 Å². The third kappa shape index (κ3) is 2.93. The third-order valence-corrected chi connectivity index (χ3v) is 9.70. The third-order valence-electron chi connectivity index (χ3n) is 9.70. The molecular formula is C23H37NO3. The molecule has 0 bridgehead atoms. The predicted molar refractivity (Wildman–Crippen MR) is 105 cm³/mol. The van der Waals surface area contributed by atoms with E-state index in [9.17, 15) is 9.59 Å². The first kappa shape index (κ1) is 19.3. The highest BCUT2D eigenvalue weighted by Crippen LogP contribution is 2.66. The van der Waals surface area contributed by atoms with Crippen LogP contribution in [0.2, 0.25) is 0 Å². The van der Waals surface area contributed by atoms with Crippen LogP contribution in [0.15, 0.2) is 0 Å². The second kappa shape index (κ2) is 6.77. The maximum absolute atomic E-state index is 12.3. The zero-order valence-electron chi connectivity index (χ0n) is 17.4. The Morgan fingerprint density at radius 3 is 2.56 bits per heavy atom. The van der Waals surface area contributed by atoms with E-state index in [1.165, 1.54) is 38.5 Å². The van der Waals surface area contributed by atoms with E-state index < -0.39 is 5.97 Å². The Bertz CT molecular complexity index is 619. The molecule has 1 heterocycles. The van der Waals surface area contributed by atoms with Gasteiger partial charge in [-0.2, -0.15) is 0 Å². The molecule has 0 spiro atoms. The van der Waals surface area contributed by atoms with Crippen molar-refractivity contribution in [2.75, 3.05) is 7.05 Å². The molecule has 0 aromatic rings. The number of aliphatic carboxylic acids is 1. The van der Waals surface area contributed by atoms with Crippen molar-refractivity contribution in [1.29, 1.82) is 0 Å². The summed E-state index contributed by atoms with van der Waals surface area (Å²) >= 11 is 0. The number of carboxylic acids is 1. The molecule has 0 radical (unpaired) electrons. The number of rotatable bonds is 4. The molecule has 4 nitrogen and oxygen atoms in total. The van der Waals surface area contributed by atoms with Crippen molar-refractivity contribution in [3.8, 4) is 0 Å². The van der Waals surface area contributed by atoms with Gasteiger partial charge in [-0.05, 0) is 92.3 Å². The zero-order valence-corrected chi connectivity index (χ0v) is 17.4. The van der Waals surface area contributed by atoms with Crippen LogP contribution in [0.3, 0.4) is 0 Å². The topological polar surface area (TPSA) is 57.6 Å². The first-order valence-electron chi connectivity index (χ1n) is 11.2. The number of hydrogen-bond acceptors (Lipinski definition) is 2. The van der Waals surface area contributed by atoms with E-state index in [1.54, 1.807) is 0 Å². The highest BCUT2D eigenvalue weighted by Gasteiger charge is 2.60. The molecule has 152 valence electrons. The fourth-order valence-electron chi connectivity index (χ4n) is 8.23. The second-order valence-electron chi connectivity index (χ2n) is 10.6. The van der Waals surface area contributed by atoms with Crippen molar-refractivity contribution in [1.82, 2.24) is 4.90 Å². The number of fused-ring (bicyclic) bond motifs is 5. The summed E-state index contributed by atoms with van der Waals surface area (Å²) in [7, 11) is 2.03. The maximum Gasteiger partial charge on any atom is 0.303 e. The molecule has 27 heavy (non-hydrogen) atoms. The Hall–Kier alpha value is -1.06. The van der Waals surface area contributed by atoms with Crippen molar-refractivity contribution < 1.29 is 14.7 Å². The molecule has 0 aromatic carbocycles. The Morgan fingerprint density at radius 2 is 1.81 bits per heavy atom. The van der Waals surface area contributed by atoms with Crippen LogP contribution in [-0.4, -0.2) is 35.0 Å². The standard InChI is InChI=1S/C23H37NO3/c1-22-13-11-18-16(17(22)9-7-15(22)5-4-6-21(26)27)8-10-19-23(18,2)14-12-20(25)24(19)3/h15-19H,4-14H2,1-3H3,(H,26,27)/t15-,16-,17-,18-,19+,22+,23+/m0/s1. The fourth-order valence-corrected chi connectivity index (χ4v) is 8.23. The van der Waals surface area contributed by atoms with E-state index in [1.807, 2.05) is 7.05 Å². The molecular weight excluding hydrogens is 338 g/mol. The van der Waals surface area contributed by atoms with Crippen LogP contribution >= 0.6 is 0 Å². The number of piperidine rings is 1. The van der Waals surface area contributed by atoms with Gasteiger partial charge in [0.25, 0.3) is 0 Å². The van der Waals surface area contributed by atoms with Crippen molar-refractivity contribution >= 4 is 11.9 Å². The van der Waals surface area contributed by atoms with Gasteiger partial charge in [0.05, 0.1) is 0 Å². The summed E-state index contributed by atoms with van der Waals surface area (Å²) in [6.45, 7) is 5.01. The van der Waals surface area contributed by atoms with Gasteiger partial charge in [-0.1, -0.05) is 13.8 Å². The highest BCUT2D eigenvalue weighted by molar-refractivity contribution is 5.77. The zero-order chi connectivity index (χ0) is 19.4. The monoisotopic (exact) mass is 375 g/mol. The van der Waals surface area contributed by atoms with E-state index in [0.717, 1.165) is 43.4 Å². The minimum Gasteiger partial charge on any atom is -0.481 e. The van der Waals surface area contributed by atoms with Crippen LogP contribution in [0, 0.1) is 34.5 Å². The van der Waals surface area contributed by atoms with Gasteiger partial charge in [-0.25, -0.2) is 0 Å². The summed E-state index contributed by atoms with van der Waals surface area (Å²) in [6, 6.07) is 0.442. The number of carbonyl (C=O) groups is 2. The van der Waals surface area contributed by atoms with Crippen molar-refractivity contribution in [2.45, 2.75) is 90.5 Å². The van der Waals surface area contributed by atoms with Crippen LogP contribution in [0.5, 0.6) is 0 Å². The van der Waals surface area contributed by atoms with Crippen LogP contribution in [0.25, 0.3) is 0 Å². The van der Waals surface area contributed by atoms with Crippen LogP contribution in [-0.2, 0) is 9.59 Å². The van der Waals surface area contributed by atoms with E-state index >= 15 is 0 Å². The van der Waals surface area contributed by atoms with Gasteiger partial charge in [-0.3, -0.25) is 9.59 Å². The summed E-state index contributed by atoms with van der Waals surface area (Å²) in [4.78, 5) is 25.3. The van der Waals surface area contributed by atoms with Crippen LogP contribution < -0.4 is 0 Å². The molecule has 4 heteroatoms. The first-order chi connectivity index (χ1) is 12.8. The summed E-state index contributed by atoms with van der Waals surface area (Å²) in [5.41, 5.74) is 0.716. The second-order valence-corrected chi connectivity index (χ2v) is 10.6. The average Bonchev–Trinajstić information content (AvgIpc) is 2.95. The molecule has 0 aromatic heterocycles. The van der Waals surface area contributed by atoms with Crippen LogP contribution in [0.4, 0.5) is 0 Å². The lowest BCUT2D eigenvalue weighted by Crippen LogP contribution is -2.61. The summed E-state index contributed by atoms with van der Waals surface area (Å²) in [5, 5.41) is 8.99. The van der Waals surface area contributed by atoms with Gasteiger partial charge < -0.3 is 10.0 Å². The molecule has 7 atom stereocenters. The first-order valence-corrected chi connectivity index (χ1v) is 11.2. The lowest BCUT2D eigenvalue weighted by Gasteiger charge is -2.62. The van der Waals surface area contributed by atoms with Gasteiger partial charge in [-0.15, -0.1) is 0 Å². The summed E-state index contributed by atoms with van der Waals surface area (Å²) < 4.78 is 0. The molecule has 4 aliphatic rings. The number of carboxylic acid groups (broad SMARTS) is 1. The van der Waals surface area contributed by atoms with Gasteiger partial charge >= 0.3 is 5.97 Å². The van der Waals surface area contributed by atoms with E-state index in [2.05, 4.69) is 18.7 Å². The van der Waals surface area contributed by atoms with Crippen molar-refractivity contribution in [3.63, 3.8) is 0 Å². The summed E-state index contributed by atoms with van der Waals surface area (Å²) in [5.74, 6) is 2.80. The molecule has 0 unspecified atom stereocenters. The SMILES string of the molecule is CN1C(=O)CC[C@]2(C)[C@H]3CC[C@]4(C)[C@@H](CCCC(=O)O)CC[C@H]4[C@@H]3CC[C@@H]12. The average molecular weight is 376 g/mol. The number of likely N-dealkylation sites (tertiary alicyclic amines) is 1. The minimum absolute atomic E-state index is 0.300. The molecule has 1 aliphatic heterocycles. The van der Waals surface area contributed by atoms with Gasteiger partial charge in [0, 0.05) is 25.9 Å². The Morgan fingerprint density at radius 1 is 1.07 bits per heavy atom. The molecule has 1 amide bonds.